The Bertz CT molecular complexity index is 773. The zero-order valence-electron chi connectivity index (χ0n) is 13.6. The number of carboxylic acid groups (broad SMARTS) is 1. The zero-order chi connectivity index (χ0) is 17.3. The first-order valence-corrected chi connectivity index (χ1v) is 8.72. The number of hydrogen-bond donors (Lipinski definition) is 2. The number of thiophene rings is 1. The molecule has 3 rings (SSSR count). The highest BCUT2D eigenvalue weighted by atomic mass is 32.1. The molecule has 0 aliphatic heterocycles. The maximum Gasteiger partial charge on any atom is 0.335 e. The van der Waals surface area contributed by atoms with Gasteiger partial charge in [0, 0.05) is 4.88 Å². The van der Waals surface area contributed by atoms with Crippen molar-refractivity contribution in [2.75, 3.05) is 5.32 Å². The number of ether oxygens (including phenoxy) is 1. The standard InChI is InChI=1S/C18H19NO4S/c1-10(2)23-14-7-6-12(18(21)22)8-13(14)19-17(20)16-9-11-4-3-5-15(11)24-16/h6-10H,3-5H2,1-2H3,(H,19,20)(H,21,22). The summed E-state index contributed by atoms with van der Waals surface area (Å²) >= 11 is 1.51. The summed E-state index contributed by atoms with van der Waals surface area (Å²) in [5.74, 6) is -0.810. The largest absolute Gasteiger partial charge is 0.489 e. The van der Waals surface area contributed by atoms with Gasteiger partial charge in [0.15, 0.2) is 0 Å². The van der Waals surface area contributed by atoms with Crippen LogP contribution in [-0.2, 0) is 12.8 Å². The third-order valence-corrected chi connectivity index (χ3v) is 5.04. The number of aryl methyl sites for hydroxylation is 2. The molecule has 1 amide bonds. The molecule has 0 radical (unpaired) electrons. The Morgan fingerprint density at radius 2 is 2.04 bits per heavy atom. The molecule has 1 aromatic heterocycles. The molecule has 24 heavy (non-hydrogen) atoms. The predicted molar refractivity (Wildman–Crippen MR) is 93.5 cm³/mol. The maximum absolute atomic E-state index is 12.5. The number of anilines is 1. The van der Waals surface area contributed by atoms with Gasteiger partial charge >= 0.3 is 5.97 Å². The average Bonchev–Trinajstić information content (AvgIpc) is 3.09. The van der Waals surface area contributed by atoms with Crippen molar-refractivity contribution in [3.63, 3.8) is 0 Å². The SMILES string of the molecule is CC(C)Oc1ccc(C(=O)O)cc1NC(=O)c1cc2c(s1)CCC2. The number of rotatable bonds is 5. The molecule has 0 bridgehead atoms. The Balaban J connectivity index is 1.87. The molecule has 0 fully saturated rings. The van der Waals surface area contributed by atoms with Crippen LogP contribution in [0.5, 0.6) is 5.75 Å². The van der Waals surface area contributed by atoms with Gasteiger partial charge in [-0.1, -0.05) is 0 Å². The van der Waals surface area contributed by atoms with Crippen molar-refractivity contribution in [3.8, 4) is 5.75 Å². The second-order valence-electron chi connectivity index (χ2n) is 6.05. The molecule has 1 aliphatic rings. The Kier molecular flexibility index (Phi) is 4.57. The Morgan fingerprint density at radius 1 is 1.25 bits per heavy atom. The van der Waals surface area contributed by atoms with Gasteiger partial charge in [-0.25, -0.2) is 4.79 Å². The van der Waals surface area contributed by atoms with Gasteiger partial charge in [-0.3, -0.25) is 4.79 Å². The molecule has 0 unspecified atom stereocenters. The molecule has 0 atom stereocenters. The normalized spacial score (nSPS) is 13.0. The van der Waals surface area contributed by atoms with E-state index < -0.39 is 5.97 Å². The van der Waals surface area contributed by atoms with Crippen LogP contribution in [0.1, 0.15) is 50.7 Å². The van der Waals surface area contributed by atoms with Gasteiger partial charge in [-0.2, -0.15) is 0 Å². The van der Waals surface area contributed by atoms with E-state index in [0.717, 1.165) is 19.3 Å². The molecule has 0 saturated heterocycles. The number of carboxylic acids is 1. The van der Waals surface area contributed by atoms with Gasteiger partial charge in [-0.05, 0) is 62.9 Å². The zero-order valence-corrected chi connectivity index (χ0v) is 14.4. The van der Waals surface area contributed by atoms with Crippen molar-refractivity contribution in [3.05, 3.63) is 45.1 Å². The van der Waals surface area contributed by atoms with E-state index in [9.17, 15) is 9.59 Å². The van der Waals surface area contributed by atoms with Gasteiger partial charge in [0.1, 0.15) is 5.75 Å². The van der Waals surface area contributed by atoms with E-state index in [0.29, 0.717) is 16.3 Å². The molecular weight excluding hydrogens is 326 g/mol. The minimum atomic E-state index is -1.04. The average molecular weight is 345 g/mol. The van der Waals surface area contributed by atoms with Crippen LogP contribution < -0.4 is 10.1 Å². The minimum absolute atomic E-state index is 0.0816. The Morgan fingerprint density at radius 3 is 2.71 bits per heavy atom. The second kappa shape index (κ2) is 6.65. The monoisotopic (exact) mass is 345 g/mol. The van der Waals surface area contributed by atoms with E-state index >= 15 is 0 Å². The van der Waals surface area contributed by atoms with Gasteiger partial charge in [-0.15, -0.1) is 11.3 Å². The summed E-state index contributed by atoms with van der Waals surface area (Å²) in [6.07, 6.45) is 3.12. The quantitative estimate of drug-likeness (QED) is 0.859. The number of benzene rings is 1. The third kappa shape index (κ3) is 3.43. The van der Waals surface area contributed by atoms with E-state index in [1.807, 2.05) is 19.9 Å². The van der Waals surface area contributed by atoms with Crippen molar-refractivity contribution in [2.45, 2.75) is 39.2 Å². The van der Waals surface area contributed by atoms with Crippen LogP contribution >= 0.6 is 11.3 Å². The van der Waals surface area contributed by atoms with Crippen LogP contribution in [0.2, 0.25) is 0 Å². The fourth-order valence-electron chi connectivity index (χ4n) is 2.74. The summed E-state index contributed by atoms with van der Waals surface area (Å²) in [6, 6.07) is 6.41. The fraction of sp³-hybridized carbons (Fsp3) is 0.333. The molecule has 1 aromatic carbocycles. The molecule has 2 aromatic rings. The number of fused-ring (bicyclic) bond motifs is 1. The highest BCUT2D eigenvalue weighted by molar-refractivity contribution is 7.14. The van der Waals surface area contributed by atoms with Crippen LogP contribution in [0, 0.1) is 0 Å². The number of hydrogen-bond acceptors (Lipinski definition) is 4. The van der Waals surface area contributed by atoms with Crippen molar-refractivity contribution in [1.82, 2.24) is 0 Å². The van der Waals surface area contributed by atoms with Gasteiger partial charge in [0.25, 0.3) is 5.91 Å². The predicted octanol–water partition coefficient (Wildman–Crippen LogP) is 3.97. The lowest BCUT2D eigenvalue weighted by Crippen LogP contribution is -2.14. The molecule has 5 nitrogen and oxygen atoms in total. The van der Waals surface area contributed by atoms with E-state index in [-0.39, 0.29) is 17.6 Å². The number of carbonyl (C=O) groups is 2. The van der Waals surface area contributed by atoms with E-state index in [1.54, 1.807) is 6.07 Å². The van der Waals surface area contributed by atoms with Gasteiger partial charge in [0.2, 0.25) is 0 Å². The third-order valence-electron chi connectivity index (χ3n) is 3.81. The summed E-state index contributed by atoms with van der Waals surface area (Å²) in [6.45, 7) is 3.75. The summed E-state index contributed by atoms with van der Waals surface area (Å²) in [5, 5.41) is 12.0. The highest BCUT2D eigenvalue weighted by Gasteiger charge is 2.20. The van der Waals surface area contributed by atoms with Gasteiger partial charge < -0.3 is 15.2 Å². The van der Waals surface area contributed by atoms with Crippen LogP contribution in [-0.4, -0.2) is 23.1 Å². The lowest BCUT2D eigenvalue weighted by Gasteiger charge is -2.15. The number of carbonyl (C=O) groups excluding carboxylic acids is 1. The van der Waals surface area contributed by atoms with Crippen LogP contribution in [0.4, 0.5) is 5.69 Å². The summed E-state index contributed by atoms with van der Waals surface area (Å²) in [5.41, 5.74) is 1.74. The van der Waals surface area contributed by atoms with Gasteiger partial charge in [0.05, 0.1) is 22.2 Å². The molecule has 6 heteroatoms. The van der Waals surface area contributed by atoms with Crippen LogP contribution in [0.3, 0.4) is 0 Å². The van der Waals surface area contributed by atoms with Crippen molar-refractivity contribution in [2.24, 2.45) is 0 Å². The molecule has 2 N–H and O–H groups in total. The first kappa shape index (κ1) is 16.5. The Labute approximate surface area is 144 Å². The van der Waals surface area contributed by atoms with Crippen molar-refractivity contribution >= 4 is 28.9 Å². The highest BCUT2D eigenvalue weighted by Crippen LogP contribution is 2.32. The first-order valence-electron chi connectivity index (χ1n) is 7.91. The smallest absolute Gasteiger partial charge is 0.335 e. The van der Waals surface area contributed by atoms with E-state index in [2.05, 4.69) is 5.32 Å². The second-order valence-corrected chi connectivity index (χ2v) is 7.19. The van der Waals surface area contributed by atoms with Crippen LogP contribution in [0.25, 0.3) is 0 Å². The molecule has 1 aliphatic carbocycles. The molecule has 0 saturated carbocycles. The molecule has 0 spiro atoms. The van der Waals surface area contributed by atoms with Crippen molar-refractivity contribution in [1.29, 1.82) is 0 Å². The van der Waals surface area contributed by atoms with E-state index in [1.165, 1.54) is 33.9 Å². The summed E-state index contributed by atoms with van der Waals surface area (Å²) in [4.78, 5) is 25.6. The summed E-state index contributed by atoms with van der Waals surface area (Å²) in [7, 11) is 0. The topological polar surface area (TPSA) is 75.6 Å². The lowest BCUT2D eigenvalue weighted by atomic mass is 10.1. The number of nitrogens with one attached hydrogen (secondary N) is 1. The number of amides is 1. The molecular formula is C18H19NO4S. The van der Waals surface area contributed by atoms with Crippen molar-refractivity contribution < 1.29 is 19.4 Å². The van der Waals surface area contributed by atoms with E-state index in [4.69, 9.17) is 9.84 Å². The van der Waals surface area contributed by atoms with Crippen LogP contribution in [0.15, 0.2) is 24.3 Å². The Hall–Kier alpha value is -2.34. The lowest BCUT2D eigenvalue weighted by molar-refractivity contribution is 0.0696. The molecule has 126 valence electrons. The summed E-state index contributed by atoms with van der Waals surface area (Å²) < 4.78 is 5.67. The minimum Gasteiger partial charge on any atom is -0.489 e. The number of aromatic carboxylic acids is 1. The molecule has 1 heterocycles. The first-order chi connectivity index (χ1) is 11.4. The fourth-order valence-corrected chi connectivity index (χ4v) is 3.89. The maximum atomic E-state index is 12.5.